The fourth-order valence-corrected chi connectivity index (χ4v) is 4.62. The molecule has 4 aromatic rings. The quantitative estimate of drug-likeness (QED) is 0.516. The van der Waals surface area contributed by atoms with Gasteiger partial charge in [-0.3, -0.25) is 20.0 Å². The molecule has 0 unspecified atom stereocenters. The number of para-hydroxylation sites is 1. The van der Waals surface area contributed by atoms with E-state index in [2.05, 4.69) is 20.2 Å². The highest BCUT2D eigenvalue weighted by molar-refractivity contribution is 7.15. The summed E-state index contributed by atoms with van der Waals surface area (Å²) >= 11 is 1.53. The van der Waals surface area contributed by atoms with E-state index >= 15 is 0 Å². The number of thiazole rings is 1. The van der Waals surface area contributed by atoms with E-state index in [4.69, 9.17) is 4.98 Å². The average Bonchev–Trinajstić information content (AvgIpc) is 3.46. The van der Waals surface area contributed by atoms with Crippen molar-refractivity contribution in [3.63, 3.8) is 0 Å². The van der Waals surface area contributed by atoms with E-state index in [1.165, 1.54) is 29.1 Å². The topological polar surface area (TPSA) is 71.0 Å². The van der Waals surface area contributed by atoms with Crippen LogP contribution in [-0.4, -0.2) is 38.8 Å². The number of benzene rings is 1. The van der Waals surface area contributed by atoms with E-state index in [9.17, 15) is 4.79 Å². The second-order valence-corrected chi connectivity index (χ2v) is 8.50. The summed E-state index contributed by atoms with van der Waals surface area (Å²) in [4.78, 5) is 29.9. The molecule has 1 aromatic carbocycles. The Morgan fingerprint density at radius 2 is 1.97 bits per heavy atom. The van der Waals surface area contributed by atoms with E-state index in [1.807, 2.05) is 42.6 Å². The van der Waals surface area contributed by atoms with Crippen LogP contribution < -0.4 is 5.32 Å². The van der Waals surface area contributed by atoms with Crippen LogP contribution in [0.15, 0.2) is 61.1 Å². The minimum atomic E-state index is -0.196. The van der Waals surface area contributed by atoms with Crippen molar-refractivity contribution in [1.82, 2.24) is 19.9 Å². The van der Waals surface area contributed by atoms with Crippen molar-refractivity contribution in [2.75, 3.05) is 18.4 Å². The standard InChI is InChI=1S/C23H21N5OS/c29-22(27-23-25-14-18(30-23)15-28-11-1-2-12-28)19-7-3-5-16-8-9-20(26-21(16)19)17-6-4-10-24-13-17/h3-10,13-14H,1-2,11-12,15H2,(H,25,27,29). The van der Waals surface area contributed by atoms with Crippen LogP contribution >= 0.6 is 11.3 Å². The van der Waals surface area contributed by atoms with Crippen molar-refractivity contribution in [2.45, 2.75) is 19.4 Å². The summed E-state index contributed by atoms with van der Waals surface area (Å²) in [6.45, 7) is 3.18. The molecule has 1 N–H and O–H groups in total. The van der Waals surface area contributed by atoms with Crippen molar-refractivity contribution in [1.29, 1.82) is 0 Å². The van der Waals surface area contributed by atoms with Crippen LogP contribution in [0.25, 0.3) is 22.2 Å². The molecule has 5 rings (SSSR count). The van der Waals surface area contributed by atoms with Gasteiger partial charge in [0, 0.05) is 41.0 Å². The van der Waals surface area contributed by atoms with Gasteiger partial charge in [-0.2, -0.15) is 0 Å². The number of nitrogens with zero attached hydrogens (tertiary/aromatic N) is 4. The van der Waals surface area contributed by atoms with Crippen molar-refractivity contribution in [3.8, 4) is 11.3 Å². The van der Waals surface area contributed by atoms with Crippen LogP contribution in [0.3, 0.4) is 0 Å². The first-order valence-corrected chi connectivity index (χ1v) is 10.9. The number of hydrogen-bond donors (Lipinski definition) is 1. The summed E-state index contributed by atoms with van der Waals surface area (Å²) in [5.74, 6) is -0.196. The van der Waals surface area contributed by atoms with Gasteiger partial charge >= 0.3 is 0 Å². The number of fused-ring (bicyclic) bond motifs is 1. The molecule has 0 saturated carbocycles. The Balaban J connectivity index is 1.40. The molecule has 7 heteroatoms. The number of hydrogen-bond acceptors (Lipinski definition) is 6. The number of rotatable bonds is 5. The van der Waals surface area contributed by atoms with Gasteiger partial charge in [0.05, 0.1) is 16.8 Å². The number of pyridine rings is 2. The number of nitrogens with one attached hydrogen (secondary N) is 1. The third kappa shape index (κ3) is 3.94. The number of likely N-dealkylation sites (tertiary alicyclic amines) is 1. The monoisotopic (exact) mass is 415 g/mol. The third-order valence-corrected chi connectivity index (χ3v) is 6.17. The lowest BCUT2D eigenvalue weighted by Gasteiger charge is -2.11. The van der Waals surface area contributed by atoms with Gasteiger partial charge in [-0.15, -0.1) is 11.3 Å². The van der Waals surface area contributed by atoms with Crippen LogP contribution in [-0.2, 0) is 6.54 Å². The van der Waals surface area contributed by atoms with Crippen LogP contribution in [0, 0.1) is 0 Å². The van der Waals surface area contributed by atoms with E-state index in [-0.39, 0.29) is 5.91 Å². The lowest BCUT2D eigenvalue weighted by atomic mass is 10.1. The fourth-order valence-electron chi connectivity index (χ4n) is 3.77. The van der Waals surface area contributed by atoms with Gasteiger partial charge in [0.2, 0.25) is 0 Å². The average molecular weight is 416 g/mol. The van der Waals surface area contributed by atoms with E-state index in [0.717, 1.165) is 36.3 Å². The molecule has 0 bridgehead atoms. The number of carbonyl (C=O) groups is 1. The highest BCUT2D eigenvalue weighted by atomic mass is 32.1. The second-order valence-electron chi connectivity index (χ2n) is 7.38. The number of carbonyl (C=O) groups excluding carboxylic acids is 1. The Morgan fingerprint density at radius 3 is 2.80 bits per heavy atom. The number of aromatic nitrogens is 3. The van der Waals surface area contributed by atoms with Crippen molar-refractivity contribution in [3.05, 3.63) is 71.5 Å². The highest BCUT2D eigenvalue weighted by Crippen LogP contribution is 2.25. The van der Waals surface area contributed by atoms with Gasteiger partial charge in [-0.1, -0.05) is 18.2 Å². The lowest BCUT2D eigenvalue weighted by Crippen LogP contribution is -2.17. The predicted octanol–water partition coefficient (Wildman–Crippen LogP) is 4.60. The van der Waals surface area contributed by atoms with Crippen LogP contribution in [0.5, 0.6) is 0 Å². The molecule has 0 spiro atoms. The molecule has 1 aliphatic heterocycles. The molecule has 1 amide bonds. The maximum absolute atomic E-state index is 13.0. The zero-order valence-electron chi connectivity index (χ0n) is 16.4. The molecule has 0 radical (unpaired) electrons. The predicted molar refractivity (Wildman–Crippen MR) is 120 cm³/mol. The summed E-state index contributed by atoms with van der Waals surface area (Å²) in [6, 6.07) is 13.4. The van der Waals surface area contributed by atoms with Gasteiger partial charge in [0.15, 0.2) is 5.13 Å². The largest absolute Gasteiger partial charge is 0.298 e. The molecule has 150 valence electrons. The first-order chi connectivity index (χ1) is 14.8. The lowest BCUT2D eigenvalue weighted by molar-refractivity contribution is 0.102. The molecule has 0 aliphatic carbocycles. The van der Waals surface area contributed by atoms with Gasteiger partial charge < -0.3 is 0 Å². The number of amides is 1. The van der Waals surface area contributed by atoms with E-state index < -0.39 is 0 Å². The van der Waals surface area contributed by atoms with Crippen LogP contribution in [0.1, 0.15) is 28.1 Å². The second kappa shape index (κ2) is 8.30. The summed E-state index contributed by atoms with van der Waals surface area (Å²) < 4.78 is 0. The normalized spacial score (nSPS) is 14.3. The molecule has 6 nitrogen and oxygen atoms in total. The van der Waals surface area contributed by atoms with Crippen molar-refractivity contribution in [2.24, 2.45) is 0 Å². The van der Waals surface area contributed by atoms with Crippen molar-refractivity contribution >= 4 is 33.3 Å². The molecular formula is C23H21N5OS. The third-order valence-electron chi connectivity index (χ3n) is 5.27. The fraction of sp³-hybridized carbons (Fsp3) is 0.217. The smallest absolute Gasteiger partial charge is 0.259 e. The molecule has 1 fully saturated rings. The minimum Gasteiger partial charge on any atom is -0.298 e. The SMILES string of the molecule is O=C(Nc1ncc(CN2CCCC2)s1)c1cccc2ccc(-c3cccnc3)nc12. The Morgan fingerprint density at radius 1 is 1.07 bits per heavy atom. The zero-order chi connectivity index (χ0) is 20.3. The Hall–Kier alpha value is -3.16. The maximum atomic E-state index is 13.0. The molecule has 1 aliphatic rings. The van der Waals surface area contributed by atoms with E-state index in [1.54, 1.807) is 18.5 Å². The molecule has 30 heavy (non-hydrogen) atoms. The first-order valence-electron chi connectivity index (χ1n) is 10.0. The van der Waals surface area contributed by atoms with Crippen LogP contribution in [0.2, 0.25) is 0 Å². The Labute approximate surface area is 178 Å². The molecule has 1 saturated heterocycles. The highest BCUT2D eigenvalue weighted by Gasteiger charge is 2.16. The number of anilines is 1. The minimum absolute atomic E-state index is 0.196. The molecular weight excluding hydrogens is 394 g/mol. The maximum Gasteiger partial charge on any atom is 0.259 e. The van der Waals surface area contributed by atoms with Crippen molar-refractivity contribution < 1.29 is 4.79 Å². The molecule has 0 atom stereocenters. The summed E-state index contributed by atoms with van der Waals surface area (Å²) in [5.41, 5.74) is 2.92. The van der Waals surface area contributed by atoms with Crippen LogP contribution in [0.4, 0.5) is 5.13 Å². The zero-order valence-corrected chi connectivity index (χ0v) is 17.2. The van der Waals surface area contributed by atoms with Gasteiger partial charge in [-0.05, 0) is 50.2 Å². The van der Waals surface area contributed by atoms with Gasteiger partial charge in [-0.25, -0.2) is 9.97 Å². The Kier molecular flexibility index (Phi) is 5.21. The van der Waals surface area contributed by atoms with E-state index in [0.29, 0.717) is 16.2 Å². The molecule has 4 heterocycles. The van der Waals surface area contributed by atoms with Gasteiger partial charge in [0.25, 0.3) is 5.91 Å². The first kappa shape index (κ1) is 18.8. The molecule has 3 aromatic heterocycles. The Bertz CT molecular complexity index is 1180. The summed E-state index contributed by atoms with van der Waals surface area (Å²) in [7, 11) is 0. The van der Waals surface area contributed by atoms with Gasteiger partial charge in [0.1, 0.15) is 0 Å². The summed E-state index contributed by atoms with van der Waals surface area (Å²) in [5, 5.41) is 4.49. The summed E-state index contributed by atoms with van der Waals surface area (Å²) in [6.07, 6.45) is 7.89.